The van der Waals surface area contributed by atoms with Crippen LogP contribution in [0.2, 0.25) is 0 Å². The number of hydrogen-bond acceptors (Lipinski definition) is 4. The number of aryl methyl sites for hydroxylation is 1. The monoisotopic (exact) mass is 484 g/mol. The lowest BCUT2D eigenvalue weighted by Crippen LogP contribution is -2.43. The van der Waals surface area contributed by atoms with Crippen LogP contribution in [0.3, 0.4) is 0 Å². The molecule has 10 heteroatoms. The molecule has 2 aromatic rings. The van der Waals surface area contributed by atoms with Gasteiger partial charge in [0.05, 0.1) is 4.90 Å². The highest BCUT2D eigenvalue weighted by molar-refractivity contribution is 7.89. The molecule has 1 atom stereocenters. The number of carbonyl (C=O) groups excluding carboxylic acids is 1. The molecule has 1 fully saturated rings. The molecule has 1 unspecified atom stereocenters. The Labute approximate surface area is 192 Å². The van der Waals surface area contributed by atoms with Crippen LogP contribution in [0.15, 0.2) is 53.4 Å². The van der Waals surface area contributed by atoms with Crippen LogP contribution in [0.1, 0.15) is 25.3 Å². The summed E-state index contributed by atoms with van der Waals surface area (Å²) in [6.07, 6.45) is -5.63. The van der Waals surface area contributed by atoms with Crippen molar-refractivity contribution in [2.75, 3.05) is 25.0 Å². The molecule has 33 heavy (non-hydrogen) atoms. The molecule has 0 radical (unpaired) electrons. The van der Waals surface area contributed by atoms with Gasteiger partial charge in [-0.05, 0) is 63.1 Å². The first-order valence-corrected chi connectivity index (χ1v) is 12.0. The van der Waals surface area contributed by atoms with Gasteiger partial charge in [0, 0.05) is 31.7 Å². The Bertz CT molecular complexity index is 1060. The normalized spacial score (nSPS) is 16.9. The van der Waals surface area contributed by atoms with Gasteiger partial charge in [0.1, 0.15) is 5.75 Å². The van der Waals surface area contributed by atoms with Crippen LogP contribution in [-0.2, 0) is 14.8 Å². The number of anilines is 1. The van der Waals surface area contributed by atoms with Gasteiger partial charge in [0.25, 0.3) is 0 Å². The summed E-state index contributed by atoms with van der Waals surface area (Å²) >= 11 is 0. The number of piperidine rings is 1. The zero-order valence-electron chi connectivity index (χ0n) is 18.7. The van der Waals surface area contributed by atoms with Gasteiger partial charge in [0.2, 0.25) is 15.9 Å². The van der Waals surface area contributed by atoms with Gasteiger partial charge in [-0.2, -0.15) is 17.5 Å². The molecule has 0 saturated carbocycles. The van der Waals surface area contributed by atoms with E-state index in [1.807, 2.05) is 6.92 Å². The molecule has 1 amide bonds. The number of hydrogen-bond donors (Lipinski definition) is 0. The van der Waals surface area contributed by atoms with Gasteiger partial charge < -0.3 is 9.64 Å². The molecular weight excluding hydrogens is 457 g/mol. The quantitative estimate of drug-likeness (QED) is 0.610. The first-order valence-electron chi connectivity index (χ1n) is 10.6. The number of nitrogens with zero attached hydrogens (tertiary/aromatic N) is 2. The highest BCUT2D eigenvalue weighted by Gasteiger charge is 2.38. The topological polar surface area (TPSA) is 66.9 Å². The fourth-order valence-electron chi connectivity index (χ4n) is 3.62. The number of ether oxygens (including phenoxy) is 1. The Hall–Kier alpha value is -2.59. The van der Waals surface area contributed by atoms with Crippen molar-refractivity contribution in [2.45, 2.75) is 43.9 Å². The van der Waals surface area contributed by atoms with Crippen LogP contribution < -0.4 is 9.64 Å². The fraction of sp³-hybridized carbons (Fsp3) is 0.435. The van der Waals surface area contributed by atoms with E-state index in [2.05, 4.69) is 0 Å². The third-order valence-electron chi connectivity index (χ3n) is 5.79. The van der Waals surface area contributed by atoms with Crippen LogP contribution >= 0.6 is 0 Å². The number of carbonyl (C=O) groups is 1. The van der Waals surface area contributed by atoms with E-state index in [0.29, 0.717) is 18.5 Å². The summed E-state index contributed by atoms with van der Waals surface area (Å²) in [6, 6.07) is 12.5. The van der Waals surface area contributed by atoms with Gasteiger partial charge in [0.15, 0.2) is 6.10 Å². The summed E-state index contributed by atoms with van der Waals surface area (Å²) in [4.78, 5) is 14.6. The van der Waals surface area contributed by atoms with Crippen LogP contribution in [0, 0.1) is 12.8 Å². The summed E-state index contributed by atoms with van der Waals surface area (Å²) in [5.74, 6) is -0.459. The van der Waals surface area contributed by atoms with Crippen molar-refractivity contribution in [1.82, 2.24) is 4.31 Å². The Balaban J connectivity index is 1.59. The summed E-state index contributed by atoms with van der Waals surface area (Å²) in [5.41, 5.74) is 1.48. The lowest BCUT2D eigenvalue weighted by Gasteiger charge is -2.32. The molecule has 0 spiro atoms. The molecule has 180 valence electrons. The molecule has 0 N–H and O–H groups in total. The summed E-state index contributed by atoms with van der Waals surface area (Å²) in [7, 11) is -2.02. The molecule has 3 rings (SSSR count). The minimum atomic E-state index is -4.47. The van der Waals surface area contributed by atoms with Crippen LogP contribution in [-0.4, -0.2) is 51.0 Å². The van der Waals surface area contributed by atoms with E-state index in [1.54, 1.807) is 31.3 Å². The number of alkyl halides is 3. The lowest BCUT2D eigenvalue weighted by atomic mass is 9.96. The van der Waals surface area contributed by atoms with E-state index in [1.165, 1.54) is 33.5 Å². The van der Waals surface area contributed by atoms with E-state index in [-0.39, 0.29) is 35.6 Å². The number of rotatable bonds is 6. The number of halogens is 3. The van der Waals surface area contributed by atoms with E-state index in [9.17, 15) is 26.4 Å². The van der Waals surface area contributed by atoms with E-state index in [0.717, 1.165) is 12.5 Å². The number of amides is 1. The molecule has 2 aromatic carbocycles. The largest absolute Gasteiger partial charge is 0.481 e. The smallest absolute Gasteiger partial charge is 0.425 e. The summed E-state index contributed by atoms with van der Waals surface area (Å²) in [6.45, 7) is 3.29. The highest BCUT2D eigenvalue weighted by atomic mass is 32.2. The average Bonchev–Trinajstić information content (AvgIpc) is 2.78. The van der Waals surface area contributed by atoms with Crippen LogP contribution in [0.5, 0.6) is 5.75 Å². The predicted octanol–water partition coefficient (Wildman–Crippen LogP) is 4.39. The first-order chi connectivity index (χ1) is 15.4. The third kappa shape index (κ3) is 5.86. The van der Waals surface area contributed by atoms with Crippen molar-refractivity contribution in [1.29, 1.82) is 0 Å². The Morgan fingerprint density at radius 3 is 2.12 bits per heavy atom. The molecular formula is C23H27F3N2O4S. The fourth-order valence-corrected chi connectivity index (χ4v) is 5.09. The van der Waals surface area contributed by atoms with Gasteiger partial charge >= 0.3 is 6.18 Å². The van der Waals surface area contributed by atoms with Gasteiger partial charge in [-0.1, -0.05) is 17.7 Å². The molecule has 0 aromatic heterocycles. The minimum Gasteiger partial charge on any atom is -0.481 e. The second-order valence-electron chi connectivity index (χ2n) is 8.18. The molecule has 0 aliphatic carbocycles. The van der Waals surface area contributed by atoms with E-state index in [4.69, 9.17) is 4.74 Å². The number of sulfonamides is 1. The summed E-state index contributed by atoms with van der Waals surface area (Å²) in [5, 5.41) is 0. The second-order valence-corrected chi connectivity index (χ2v) is 10.1. The van der Waals surface area contributed by atoms with Gasteiger partial charge in [-0.3, -0.25) is 4.79 Å². The van der Waals surface area contributed by atoms with E-state index < -0.39 is 22.3 Å². The molecule has 1 aliphatic rings. The Morgan fingerprint density at radius 1 is 1.06 bits per heavy atom. The van der Waals surface area contributed by atoms with Crippen LogP contribution in [0.4, 0.5) is 18.9 Å². The predicted molar refractivity (Wildman–Crippen MR) is 119 cm³/mol. The standard InChI is InChI=1S/C23H27F3N2O4S/c1-16-4-10-21(11-5-16)33(30,31)28-14-12-18(13-15-28)22(29)27(3)19-6-8-20(9-7-19)32-17(2)23(24,25)26/h4-11,17-18H,12-15H2,1-3H3. The molecule has 1 saturated heterocycles. The van der Waals surface area contributed by atoms with Gasteiger partial charge in [-0.25, -0.2) is 8.42 Å². The maximum Gasteiger partial charge on any atom is 0.425 e. The third-order valence-corrected chi connectivity index (χ3v) is 7.70. The molecule has 1 aliphatic heterocycles. The Morgan fingerprint density at radius 2 is 1.61 bits per heavy atom. The van der Waals surface area contributed by atoms with Crippen molar-refractivity contribution in [3.8, 4) is 5.75 Å². The molecule has 1 heterocycles. The van der Waals surface area contributed by atoms with Crippen molar-refractivity contribution < 1.29 is 31.1 Å². The SMILES string of the molecule is Cc1ccc(S(=O)(=O)N2CCC(C(=O)N(C)c3ccc(OC(C)C(F)(F)F)cc3)CC2)cc1. The maximum atomic E-state index is 12.9. The van der Waals surface area contributed by atoms with Crippen molar-refractivity contribution in [3.05, 3.63) is 54.1 Å². The second kappa shape index (κ2) is 9.72. The average molecular weight is 485 g/mol. The maximum absolute atomic E-state index is 12.9. The zero-order chi connectivity index (χ0) is 24.4. The minimum absolute atomic E-state index is 0.0547. The van der Waals surface area contributed by atoms with Crippen LogP contribution in [0.25, 0.3) is 0 Å². The summed E-state index contributed by atoms with van der Waals surface area (Å²) < 4.78 is 69.9. The van der Waals surface area contributed by atoms with Crippen molar-refractivity contribution >= 4 is 21.6 Å². The lowest BCUT2D eigenvalue weighted by molar-refractivity contribution is -0.189. The Kier molecular flexibility index (Phi) is 7.38. The zero-order valence-corrected chi connectivity index (χ0v) is 19.5. The first kappa shape index (κ1) is 25.0. The number of benzene rings is 2. The van der Waals surface area contributed by atoms with Crippen molar-refractivity contribution in [2.24, 2.45) is 5.92 Å². The highest BCUT2D eigenvalue weighted by Crippen LogP contribution is 2.29. The van der Waals surface area contributed by atoms with Gasteiger partial charge in [-0.15, -0.1) is 0 Å². The molecule has 6 nitrogen and oxygen atoms in total. The van der Waals surface area contributed by atoms with Crippen molar-refractivity contribution in [3.63, 3.8) is 0 Å². The van der Waals surface area contributed by atoms with E-state index >= 15 is 0 Å². The molecule has 0 bridgehead atoms.